The van der Waals surface area contributed by atoms with Crippen molar-refractivity contribution in [3.63, 3.8) is 0 Å². The van der Waals surface area contributed by atoms with E-state index in [4.69, 9.17) is 14.2 Å². The second-order valence-corrected chi connectivity index (χ2v) is 10.8. The molecule has 1 aromatic rings. The lowest BCUT2D eigenvalue weighted by atomic mass is 9.82. The molecule has 0 aliphatic carbocycles. The van der Waals surface area contributed by atoms with E-state index in [2.05, 4.69) is 10.6 Å². The number of benzene rings is 1. The third-order valence-electron chi connectivity index (χ3n) is 6.80. The van der Waals surface area contributed by atoms with Gasteiger partial charge in [-0.3, -0.25) is 19.2 Å². The Morgan fingerprint density at radius 1 is 1.07 bits per heavy atom. The molecule has 12 heteroatoms. The molecular formula is C28H38N2O10. The van der Waals surface area contributed by atoms with Gasteiger partial charge in [0.15, 0.2) is 23.7 Å². The van der Waals surface area contributed by atoms with E-state index in [1.54, 1.807) is 13.8 Å². The second-order valence-electron chi connectivity index (χ2n) is 10.8. The van der Waals surface area contributed by atoms with Crippen LogP contribution >= 0.6 is 0 Å². The molecule has 1 aliphatic rings. The number of ketones is 1. The number of phenols is 1. The van der Waals surface area contributed by atoms with Gasteiger partial charge in [0, 0.05) is 5.92 Å². The normalized spacial score (nSPS) is 24.5. The molecule has 0 bridgehead atoms. The smallest absolute Gasteiger partial charge is 0.348 e. The predicted molar refractivity (Wildman–Crippen MR) is 142 cm³/mol. The third-order valence-corrected chi connectivity index (χ3v) is 6.80. The van der Waals surface area contributed by atoms with Crippen LogP contribution in [0.4, 0.5) is 5.69 Å². The van der Waals surface area contributed by atoms with Gasteiger partial charge in [-0.05, 0) is 51.7 Å². The van der Waals surface area contributed by atoms with E-state index in [1.165, 1.54) is 39.0 Å². The van der Waals surface area contributed by atoms with Crippen LogP contribution in [0.2, 0.25) is 0 Å². The Bertz CT molecular complexity index is 1150. The molecule has 0 spiro atoms. The average molecular weight is 563 g/mol. The summed E-state index contributed by atoms with van der Waals surface area (Å²) in [7, 11) is 0. The molecule has 1 heterocycles. The molecule has 2 amide bonds. The Morgan fingerprint density at radius 3 is 2.30 bits per heavy atom. The first-order valence-electron chi connectivity index (χ1n) is 13.1. The maximum absolute atomic E-state index is 13.4. The largest absolute Gasteiger partial charge is 0.505 e. The molecule has 0 saturated carbocycles. The number of cyclic esters (lactones) is 3. The number of anilines is 1. The monoisotopic (exact) mass is 562 g/mol. The van der Waals surface area contributed by atoms with Gasteiger partial charge >= 0.3 is 17.9 Å². The van der Waals surface area contributed by atoms with Crippen LogP contribution in [0.3, 0.4) is 0 Å². The summed E-state index contributed by atoms with van der Waals surface area (Å²) in [4.78, 5) is 77.2. The van der Waals surface area contributed by atoms with Gasteiger partial charge in [0.05, 0.1) is 11.3 Å². The molecule has 12 nitrogen and oxygen atoms in total. The Morgan fingerprint density at radius 2 is 1.73 bits per heavy atom. The first kappa shape index (κ1) is 32.3. The number of hydrogen-bond acceptors (Lipinski definition) is 10. The topological polar surface area (TPSA) is 174 Å². The number of phenolic OH excluding ortho intramolecular Hbond substituents is 1. The summed E-state index contributed by atoms with van der Waals surface area (Å²) in [6.45, 7) is 11.1. The number of carbonyl (C=O) groups is 6. The van der Waals surface area contributed by atoms with Gasteiger partial charge < -0.3 is 30.0 Å². The van der Waals surface area contributed by atoms with E-state index in [1.807, 2.05) is 13.8 Å². The van der Waals surface area contributed by atoms with Crippen LogP contribution in [0.1, 0.15) is 71.7 Å². The maximum atomic E-state index is 13.4. The molecule has 3 unspecified atom stereocenters. The van der Waals surface area contributed by atoms with Crippen molar-refractivity contribution in [2.45, 2.75) is 85.7 Å². The van der Waals surface area contributed by atoms with Crippen molar-refractivity contribution in [3.8, 4) is 5.75 Å². The van der Waals surface area contributed by atoms with E-state index in [0.29, 0.717) is 12.8 Å². The van der Waals surface area contributed by atoms with Crippen molar-refractivity contribution in [3.05, 3.63) is 23.8 Å². The van der Waals surface area contributed by atoms with Gasteiger partial charge in [-0.25, -0.2) is 9.59 Å². The van der Waals surface area contributed by atoms with Gasteiger partial charge in [0.2, 0.25) is 12.5 Å². The number of amides is 2. The van der Waals surface area contributed by atoms with Crippen LogP contribution in [0.25, 0.3) is 0 Å². The Balaban J connectivity index is 2.54. The zero-order valence-corrected chi connectivity index (χ0v) is 23.8. The first-order valence-corrected chi connectivity index (χ1v) is 13.1. The highest BCUT2D eigenvalue weighted by atomic mass is 16.6. The molecule has 1 aliphatic heterocycles. The molecule has 220 valence electrons. The van der Waals surface area contributed by atoms with Gasteiger partial charge in [-0.1, -0.05) is 33.8 Å². The fourth-order valence-corrected chi connectivity index (χ4v) is 4.03. The summed E-state index contributed by atoms with van der Waals surface area (Å²) < 4.78 is 16.6. The molecule has 1 aromatic carbocycles. The first-order chi connectivity index (χ1) is 18.6. The number of ether oxygens (including phenoxy) is 3. The fraction of sp³-hybridized carbons (Fsp3) is 0.571. The lowest BCUT2D eigenvalue weighted by Crippen LogP contribution is -2.54. The zero-order chi connectivity index (χ0) is 30.4. The van der Waals surface area contributed by atoms with Crippen LogP contribution < -0.4 is 10.6 Å². The number of Topliss-reactive ketones (excluding diaryl/α,β-unsaturated/α-hetero) is 1. The average Bonchev–Trinajstić information content (AvgIpc) is 2.88. The molecule has 40 heavy (non-hydrogen) atoms. The van der Waals surface area contributed by atoms with Crippen LogP contribution in [-0.2, 0) is 38.2 Å². The second kappa shape index (κ2) is 13.4. The van der Waals surface area contributed by atoms with E-state index < -0.39 is 71.0 Å². The molecular weight excluding hydrogens is 524 g/mol. The summed E-state index contributed by atoms with van der Waals surface area (Å²) in [5, 5.41) is 15.1. The lowest BCUT2D eigenvalue weighted by molar-refractivity contribution is -0.186. The number of rotatable bonds is 8. The SMILES string of the molecule is CCC(C)C1OC(=O)[C@@H](NC(=O)c2cccc(NC=O)c2O)[C@H](C)OC(=O)C(C)(C)C(=O)C(CC(C)C)OC1=O. The summed E-state index contributed by atoms with van der Waals surface area (Å²) in [5.74, 6) is -5.83. The number of hydrogen-bond donors (Lipinski definition) is 3. The third kappa shape index (κ3) is 7.36. The fourth-order valence-electron chi connectivity index (χ4n) is 4.03. The van der Waals surface area contributed by atoms with E-state index in [-0.39, 0.29) is 23.6 Å². The minimum absolute atomic E-state index is 0.0563. The number of nitrogens with one attached hydrogen (secondary N) is 2. The Labute approximate surface area is 233 Å². The number of carbonyl (C=O) groups excluding carboxylic acids is 6. The zero-order valence-electron chi connectivity index (χ0n) is 23.8. The van der Waals surface area contributed by atoms with Crippen molar-refractivity contribution < 1.29 is 48.1 Å². The molecule has 3 N–H and O–H groups in total. The minimum Gasteiger partial charge on any atom is -0.505 e. The van der Waals surface area contributed by atoms with Crippen LogP contribution in [0, 0.1) is 17.3 Å². The van der Waals surface area contributed by atoms with Crippen LogP contribution in [0.15, 0.2) is 18.2 Å². The maximum Gasteiger partial charge on any atom is 0.348 e. The van der Waals surface area contributed by atoms with Gasteiger partial charge in [-0.15, -0.1) is 0 Å². The molecule has 1 saturated heterocycles. The van der Waals surface area contributed by atoms with Crippen LogP contribution in [-0.4, -0.2) is 65.5 Å². The lowest BCUT2D eigenvalue weighted by Gasteiger charge is -2.33. The predicted octanol–water partition coefficient (Wildman–Crippen LogP) is 2.52. The van der Waals surface area contributed by atoms with Crippen LogP contribution in [0.5, 0.6) is 5.75 Å². The number of aromatic hydroxyl groups is 1. The number of para-hydroxylation sites is 1. The molecule has 5 atom stereocenters. The quantitative estimate of drug-likeness (QED) is 0.140. The number of esters is 3. The summed E-state index contributed by atoms with van der Waals surface area (Å²) in [6, 6.07) is 2.34. The standard InChI is InChI=1S/C28H38N2O10/c1-8-15(4)22-26(36)39-19(12-14(2)3)23(33)28(6,7)27(37)38-16(5)20(25(35)40-22)30-24(34)17-10-9-11-18(21(17)32)29-13-31/h9-11,13-16,19-20,22,32H,8,12H2,1-7H3,(H,29,31)(H,30,34)/t15?,16-,19?,20-,22?/m0/s1. The van der Waals surface area contributed by atoms with Crippen molar-refractivity contribution in [1.82, 2.24) is 5.32 Å². The van der Waals surface area contributed by atoms with Gasteiger partial charge in [0.25, 0.3) is 5.91 Å². The highest BCUT2D eigenvalue weighted by molar-refractivity contribution is 6.06. The van der Waals surface area contributed by atoms with E-state index in [0.717, 1.165) is 0 Å². The van der Waals surface area contributed by atoms with Gasteiger partial charge in [0.1, 0.15) is 11.5 Å². The molecule has 0 aromatic heterocycles. The van der Waals surface area contributed by atoms with E-state index >= 15 is 0 Å². The van der Waals surface area contributed by atoms with Crippen molar-refractivity contribution >= 4 is 41.7 Å². The molecule has 0 radical (unpaired) electrons. The molecule has 2 rings (SSSR count). The van der Waals surface area contributed by atoms with Crippen molar-refractivity contribution in [2.75, 3.05) is 5.32 Å². The van der Waals surface area contributed by atoms with Crippen molar-refractivity contribution in [1.29, 1.82) is 0 Å². The summed E-state index contributed by atoms with van der Waals surface area (Å²) in [6.07, 6.45) is -3.19. The minimum atomic E-state index is -1.76. The summed E-state index contributed by atoms with van der Waals surface area (Å²) in [5.41, 5.74) is -2.11. The summed E-state index contributed by atoms with van der Waals surface area (Å²) >= 11 is 0. The van der Waals surface area contributed by atoms with E-state index in [9.17, 15) is 33.9 Å². The highest BCUT2D eigenvalue weighted by Crippen LogP contribution is 2.29. The van der Waals surface area contributed by atoms with Crippen molar-refractivity contribution in [2.24, 2.45) is 17.3 Å². The highest BCUT2D eigenvalue weighted by Gasteiger charge is 2.47. The van der Waals surface area contributed by atoms with Gasteiger partial charge in [-0.2, -0.15) is 0 Å². The Kier molecular flexibility index (Phi) is 10.8. The Hall–Kier alpha value is -3.96. The molecule has 1 fully saturated rings.